The van der Waals surface area contributed by atoms with Gasteiger partial charge in [0.1, 0.15) is 5.41 Å². The van der Waals surface area contributed by atoms with E-state index in [4.69, 9.17) is 11.6 Å². The zero-order valence-electron chi connectivity index (χ0n) is 16.9. The summed E-state index contributed by atoms with van der Waals surface area (Å²) in [6.07, 6.45) is -1.50. The second-order valence-electron chi connectivity index (χ2n) is 8.47. The summed E-state index contributed by atoms with van der Waals surface area (Å²) in [6, 6.07) is 10.6. The number of hydrogen-bond donors (Lipinski definition) is 0. The maximum atomic E-state index is 13.9. The van der Waals surface area contributed by atoms with Crippen LogP contribution in [0.4, 0.5) is 24.5 Å². The van der Waals surface area contributed by atoms with Crippen molar-refractivity contribution in [1.29, 1.82) is 0 Å². The van der Waals surface area contributed by atoms with E-state index in [0.717, 1.165) is 31.0 Å². The molecule has 0 radical (unpaired) electrons. The van der Waals surface area contributed by atoms with E-state index in [1.807, 2.05) is 6.92 Å². The van der Waals surface area contributed by atoms with Crippen LogP contribution in [0.3, 0.4) is 0 Å². The summed E-state index contributed by atoms with van der Waals surface area (Å²) >= 11 is 5.99. The first-order valence-electron chi connectivity index (χ1n) is 10.3. The molecule has 3 aliphatic heterocycles. The minimum atomic E-state index is -4.43. The van der Waals surface area contributed by atoms with E-state index in [0.29, 0.717) is 28.5 Å². The molecule has 3 aliphatic rings. The zero-order valence-corrected chi connectivity index (χ0v) is 17.7. The molecule has 31 heavy (non-hydrogen) atoms. The summed E-state index contributed by atoms with van der Waals surface area (Å²) in [5, 5.41) is 6.53. The monoisotopic (exact) mass is 447 g/mol. The number of hydrogen-bond acceptors (Lipinski definition) is 3. The van der Waals surface area contributed by atoms with Gasteiger partial charge in [-0.25, -0.2) is 0 Å². The Balaban J connectivity index is 1.62. The summed E-state index contributed by atoms with van der Waals surface area (Å²) in [5.74, 6) is -0.188. The molecule has 1 saturated heterocycles. The summed E-state index contributed by atoms with van der Waals surface area (Å²) in [6.45, 7) is 2.53. The van der Waals surface area contributed by atoms with E-state index < -0.39 is 17.2 Å². The van der Waals surface area contributed by atoms with Crippen LogP contribution < -0.4 is 9.91 Å². The molecule has 0 N–H and O–H groups in total. The van der Waals surface area contributed by atoms with Gasteiger partial charge in [0.2, 0.25) is 0 Å². The molecule has 8 heteroatoms. The van der Waals surface area contributed by atoms with Crippen LogP contribution in [0, 0.1) is 5.41 Å². The molecule has 0 bridgehead atoms. The van der Waals surface area contributed by atoms with Crippen molar-refractivity contribution in [3.05, 3.63) is 58.6 Å². The van der Waals surface area contributed by atoms with Crippen molar-refractivity contribution in [2.45, 2.75) is 44.8 Å². The number of benzene rings is 2. The highest BCUT2D eigenvalue weighted by Crippen LogP contribution is 2.50. The molecule has 0 saturated carbocycles. The number of alkyl halides is 3. The smallest absolute Gasteiger partial charge is 0.367 e. The van der Waals surface area contributed by atoms with Crippen molar-refractivity contribution in [2.24, 2.45) is 10.5 Å². The second-order valence-corrected chi connectivity index (χ2v) is 8.91. The summed E-state index contributed by atoms with van der Waals surface area (Å²) in [5.41, 5.74) is 0.932. The summed E-state index contributed by atoms with van der Waals surface area (Å²) < 4.78 is 40.2. The van der Waals surface area contributed by atoms with Crippen LogP contribution in [0.25, 0.3) is 0 Å². The fraction of sp³-hybridized carbons (Fsp3) is 0.391. The predicted molar refractivity (Wildman–Crippen MR) is 115 cm³/mol. The van der Waals surface area contributed by atoms with Gasteiger partial charge in [0.05, 0.1) is 17.0 Å². The Morgan fingerprint density at radius 2 is 1.87 bits per heavy atom. The van der Waals surface area contributed by atoms with E-state index in [1.165, 1.54) is 11.1 Å². The molecule has 0 aromatic heterocycles. The normalized spacial score (nSPS) is 25.5. The molecule has 2 aromatic rings. The highest BCUT2D eigenvalue weighted by atomic mass is 35.5. The third-order valence-corrected chi connectivity index (χ3v) is 7.05. The molecule has 0 aliphatic carbocycles. The Morgan fingerprint density at radius 1 is 1.13 bits per heavy atom. The number of amides is 1. The Kier molecular flexibility index (Phi) is 4.59. The van der Waals surface area contributed by atoms with Gasteiger partial charge >= 0.3 is 6.18 Å². The van der Waals surface area contributed by atoms with Crippen molar-refractivity contribution in [2.75, 3.05) is 16.5 Å². The van der Waals surface area contributed by atoms with Gasteiger partial charge in [-0.05, 0) is 80.6 Å². The van der Waals surface area contributed by atoms with Gasteiger partial charge in [0, 0.05) is 23.3 Å². The maximum Gasteiger partial charge on any atom is 0.416 e. The first kappa shape index (κ1) is 20.4. The highest BCUT2D eigenvalue weighted by Gasteiger charge is 2.59. The molecule has 2 unspecified atom stereocenters. The predicted octanol–water partition coefficient (Wildman–Crippen LogP) is 5.68. The topological polar surface area (TPSA) is 35.9 Å². The number of fused-ring (bicyclic) bond motifs is 4. The standard InChI is InChI=1S/C23H21ClF3N3O/c1-14-22(21(31)30(28-14)18-8-6-17(24)7-9-18)13-15-12-16(23(25,26)27)5-10-19(15)29-11-3-2-4-20(22)29/h5-10,12,20H,2-4,11,13H2,1H3. The number of anilines is 2. The van der Waals surface area contributed by atoms with E-state index in [1.54, 1.807) is 30.3 Å². The average molecular weight is 448 g/mol. The molecule has 1 amide bonds. The number of hydrazone groups is 1. The van der Waals surface area contributed by atoms with Gasteiger partial charge in [-0.2, -0.15) is 23.3 Å². The highest BCUT2D eigenvalue weighted by molar-refractivity contribution is 6.30. The molecule has 5 rings (SSSR count). The zero-order chi connectivity index (χ0) is 22.0. The lowest BCUT2D eigenvalue weighted by Gasteiger charge is -2.51. The molecule has 162 valence electrons. The number of piperidine rings is 1. The van der Waals surface area contributed by atoms with Crippen LogP contribution >= 0.6 is 11.6 Å². The van der Waals surface area contributed by atoms with Crippen LogP contribution in [-0.4, -0.2) is 24.2 Å². The fourth-order valence-electron chi connectivity index (χ4n) is 5.31. The van der Waals surface area contributed by atoms with Gasteiger partial charge in [0.25, 0.3) is 5.91 Å². The largest absolute Gasteiger partial charge is 0.416 e. The molecular weight excluding hydrogens is 427 g/mol. The van der Waals surface area contributed by atoms with Crippen molar-refractivity contribution >= 4 is 34.6 Å². The van der Waals surface area contributed by atoms with Crippen LogP contribution in [0.1, 0.15) is 37.3 Å². The quantitative estimate of drug-likeness (QED) is 0.563. The fourth-order valence-corrected chi connectivity index (χ4v) is 5.43. The number of nitrogens with zero attached hydrogens (tertiary/aromatic N) is 3. The van der Waals surface area contributed by atoms with Crippen molar-refractivity contribution < 1.29 is 18.0 Å². The van der Waals surface area contributed by atoms with Gasteiger partial charge < -0.3 is 4.90 Å². The SMILES string of the molecule is CC1=NN(c2ccc(Cl)cc2)C(=O)C12Cc1cc(C(F)(F)F)ccc1N1CCCCC12. The van der Waals surface area contributed by atoms with Crippen LogP contribution in [0.2, 0.25) is 5.02 Å². The Labute approximate surface area is 183 Å². The molecule has 1 fully saturated rings. The molecule has 2 aromatic carbocycles. The molecule has 1 spiro atoms. The number of rotatable bonds is 1. The van der Waals surface area contributed by atoms with E-state index in [2.05, 4.69) is 10.0 Å². The molecule has 3 heterocycles. The lowest BCUT2D eigenvalue weighted by Crippen LogP contribution is -2.61. The molecule has 2 atom stereocenters. The average Bonchev–Trinajstić information content (AvgIpc) is 2.99. The maximum absolute atomic E-state index is 13.9. The summed E-state index contributed by atoms with van der Waals surface area (Å²) in [4.78, 5) is 16.0. The van der Waals surface area contributed by atoms with Gasteiger partial charge in [-0.15, -0.1) is 0 Å². The third-order valence-electron chi connectivity index (χ3n) is 6.80. The number of halogens is 4. The van der Waals surface area contributed by atoms with Crippen LogP contribution in [-0.2, 0) is 17.4 Å². The number of carbonyl (C=O) groups is 1. The molecule has 4 nitrogen and oxygen atoms in total. The Morgan fingerprint density at radius 3 is 2.58 bits per heavy atom. The van der Waals surface area contributed by atoms with Crippen molar-refractivity contribution in [1.82, 2.24) is 0 Å². The van der Waals surface area contributed by atoms with Crippen molar-refractivity contribution in [3.63, 3.8) is 0 Å². The molecular formula is C23H21ClF3N3O. The van der Waals surface area contributed by atoms with Gasteiger partial charge in [0.15, 0.2) is 0 Å². The van der Waals surface area contributed by atoms with Gasteiger partial charge in [-0.3, -0.25) is 4.79 Å². The van der Waals surface area contributed by atoms with Crippen LogP contribution in [0.15, 0.2) is 47.6 Å². The minimum absolute atomic E-state index is 0.126. The lowest BCUT2D eigenvalue weighted by atomic mass is 9.65. The van der Waals surface area contributed by atoms with Crippen LogP contribution in [0.5, 0.6) is 0 Å². The Hall–Kier alpha value is -2.54. The van der Waals surface area contributed by atoms with Gasteiger partial charge in [-0.1, -0.05) is 11.6 Å². The second kappa shape index (κ2) is 6.99. The van der Waals surface area contributed by atoms with E-state index in [-0.39, 0.29) is 18.4 Å². The first-order chi connectivity index (χ1) is 14.7. The number of carbonyl (C=O) groups excluding carboxylic acids is 1. The Bertz CT molecular complexity index is 1080. The lowest BCUT2D eigenvalue weighted by molar-refractivity contribution is -0.137. The summed E-state index contributed by atoms with van der Waals surface area (Å²) in [7, 11) is 0. The van der Waals surface area contributed by atoms with E-state index >= 15 is 0 Å². The van der Waals surface area contributed by atoms with E-state index in [9.17, 15) is 18.0 Å². The minimum Gasteiger partial charge on any atom is -0.367 e. The third kappa shape index (κ3) is 3.04. The van der Waals surface area contributed by atoms with Crippen molar-refractivity contribution in [3.8, 4) is 0 Å². The first-order valence-corrected chi connectivity index (χ1v) is 10.7.